The number of benzene rings is 1. The lowest BCUT2D eigenvalue weighted by atomic mass is 10.2. The Hall–Kier alpha value is -0.870. The summed E-state index contributed by atoms with van der Waals surface area (Å²) >= 11 is 6.72. The highest BCUT2D eigenvalue weighted by molar-refractivity contribution is 8.24. The fourth-order valence-corrected chi connectivity index (χ4v) is 2.69. The second kappa shape index (κ2) is 6.01. The number of nitrogens with zero attached hydrogens (tertiary/aromatic N) is 1. The minimum absolute atomic E-state index is 0.0864. The molecule has 0 radical (unpaired) electrons. The summed E-state index contributed by atoms with van der Waals surface area (Å²) in [7, 11) is 3.51. The van der Waals surface area contributed by atoms with Gasteiger partial charge in [-0.15, -0.1) is 11.8 Å². The zero-order chi connectivity index (χ0) is 12.1. The molecule has 0 N–H and O–H groups in total. The molecular formula is C12H15NOS2. The third kappa shape index (κ3) is 3.61. The van der Waals surface area contributed by atoms with Gasteiger partial charge in [-0.05, 0) is 12.5 Å². The maximum absolute atomic E-state index is 11.7. The highest BCUT2D eigenvalue weighted by Crippen LogP contribution is 2.20. The van der Waals surface area contributed by atoms with Gasteiger partial charge in [-0.25, -0.2) is 0 Å². The first-order chi connectivity index (χ1) is 7.52. The Morgan fingerprint density at radius 1 is 1.31 bits per heavy atom. The summed E-state index contributed by atoms with van der Waals surface area (Å²) in [6.07, 6.45) is 0. The number of amides is 1. The molecule has 1 rings (SSSR count). The smallest absolute Gasteiger partial charge is 0.235 e. The SMILES string of the molecule is CC(SC(=S)c1ccccc1)C(=O)N(C)C. The van der Waals surface area contributed by atoms with Crippen molar-refractivity contribution in [1.29, 1.82) is 0 Å². The molecule has 0 fully saturated rings. The van der Waals surface area contributed by atoms with Crippen molar-refractivity contribution in [2.24, 2.45) is 0 Å². The van der Waals surface area contributed by atoms with Crippen LogP contribution in [0.1, 0.15) is 12.5 Å². The van der Waals surface area contributed by atoms with E-state index in [0.717, 1.165) is 9.76 Å². The van der Waals surface area contributed by atoms with Crippen LogP contribution in [0, 0.1) is 0 Å². The van der Waals surface area contributed by atoms with E-state index in [2.05, 4.69) is 0 Å². The van der Waals surface area contributed by atoms with Gasteiger partial charge in [0.1, 0.15) is 0 Å². The first-order valence-corrected chi connectivity index (χ1v) is 6.28. The Morgan fingerprint density at radius 3 is 2.38 bits per heavy atom. The van der Waals surface area contributed by atoms with Crippen LogP contribution in [-0.2, 0) is 4.79 Å². The van der Waals surface area contributed by atoms with Gasteiger partial charge in [-0.2, -0.15) is 0 Å². The van der Waals surface area contributed by atoms with Crippen LogP contribution in [-0.4, -0.2) is 34.3 Å². The first-order valence-electron chi connectivity index (χ1n) is 4.99. The van der Waals surface area contributed by atoms with Gasteiger partial charge in [-0.3, -0.25) is 4.79 Å². The van der Waals surface area contributed by atoms with Gasteiger partial charge in [0.05, 0.1) is 9.45 Å². The third-order valence-corrected chi connectivity index (χ3v) is 3.61. The van der Waals surface area contributed by atoms with Crippen LogP contribution in [0.25, 0.3) is 0 Å². The molecule has 1 amide bonds. The number of hydrogen-bond acceptors (Lipinski definition) is 3. The predicted octanol–water partition coefficient (Wildman–Crippen LogP) is 2.57. The van der Waals surface area contributed by atoms with Crippen molar-refractivity contribution < 1.29 is 4.79 Å². The van der Waals surface area contributed by atoms with Gasteiger partial charge >= 0.3 is 0 Å². The molecule has 0 heterocycles. The summed E-state index contributed by atoms with van der Waals surface area (Å²) in [5, 5.41) is -0.136. The number of hydrogen-bond donors (Lipinski definition) is 0. The van der Waals surface area contributed by atoms with E-state index in [-0.39, 0.29) is 11.2 Å². The van der Waals surface area contributed by atoms with Crippen LogP contribution in [0.4, 0.5) is 0 Å². The maximum Gasteiger partial charge on any atom is 0.235 e. The van der Waals surface area contributed by atoms with Gasteiger partial charge < -0.3 is 4.90 Å². The van der Waals surface area contributed by atoms with Crippen LogP contribution < -0.4 is 0 Å². The summed E-state index contributed by atoms with van der Waals surface area (Å²) in [4.78, 5) is 13.2. The zero-order valence-electron chi connectivity index (χ0n) is 9.64. The fourth-order valence-electron chi connectivity index (χ4n) is 1.22. The van der Waals surface area contributed by atoms with E-state index >= 15 is 0 Å². The number of carbonyl (C=O) groups excluding carboxylic acids is 1. The standard InChI is InChI=1S/C12H15NOS2/c1-9(11(14)13(2)3)16-12(15)10-7-5-4-6-8-10/h4-9H,1-3H3. The molecule has 0 spiro atoms. The summed E-state index contributed by atoms with van der Waals surface area (Å²) in [6.45, 7) is 1.88. The molecule has 1 aromatic rings. The Morgan fingerprint density at radius 2 is 1.88 bits per heavy atom. The van der Waals surface area contributed by atoms with Gasteiger partial charge in [0, 0.05) is 14.1 Å². The van der Waals surface area contributed by atoms with E-state index in [0.29, 0.717) is 0 Å². The van der Waals surface area contributed by atoms with Crippen LogP contribution in [0.3, 0.4) is 0 Å². The van der Waals surface area contributed by atoms with E-state index in [9.17, 15) is 4.79 Å². The van der Waals surface area contributed by atoms with Gasteiger partial charge in [0.25, 0.3) is 0 Å². The molecule has 1 atom stereocenters. The molecule has 0 saturated heterocycles. The molecule has 4 heteroatoms. The fraction of sp³-hybridized carbons (Fsp3) is 0.333. The lowest BCUT2D eigenvalue weighted by Gasteiger charge is -2.16. The Kier molecular flexibility index (Phi) is 4.96. The van der Waals surface area contributed by atoms with Crippen LogP contribution in [0.2, 0.25) is 0 Å². The van der Waals surface area contributed by atoms with Crippen LogP contribution in [0.15, 0.2) is 30.3 Å². The molecule has 0 aromatic heterocycles. The predicted molar refractivity (Wildman–Crippen MR) is 73.9 cm³/mol. The Labute approximate surface area is 106 Å². The van der Waals surface area contributed by atoms with Crippen molar-refractivity contribution >= 4 is 34.1 Å². The van der Waals surface area contributed by atoms with E-state index in [1.54, 1.807) is 19.0 Å². The Balaban J connectivity index is 2.62. The van der Waals surface area contributed by atoms with E-state index < -0.39 is 0 Å². The summed E-state index contributed by atoms with van der Waals surface area (Å²) in [6, 6.07) is 9.76. The van der Waals surface area contributed by atoms with E-state index in [1.807, 2.05) is 37.3 Å². The van der Waals surface area contributed by atoms with Gasteiger partial charge in [0.2, 0.25) is 5.91 Å². The monoisotopic (exact) mass is 253 g/mol. The lowest BCUT2D eigenvalue weighted by molar-refractivity contribution is -0.127. The number of thioether (sulfide) groups is 1. The minimum Gasteiger partial charge on any atom is -0.348 e. The molecule has 0 bridgehead atoms. The van der Waals surface area contributed by atoms with Gasteiger partial charge in [-0.1, -0.05) is 42.5 Å². The van der Waals surface area contributed by atoms with Crippen LogP contribution >= 0.6 is 24.0 Å². The highest BCUT2D eigenvalue weighted by atomic mass is 32.2. The zero-order valence-corrected chi connectivity index (χ0v) is 11.3. The molecule has 2 nitrogen and oxygen atoms in total. The van der Waals surface area contributed by atoms with Gasteiger partial charge in [0.15, 0.2) is 0 Å². The molecule has 1 aromatic carbocycles. The number of thiocarbonyl (C=S) groups is 1. The maximum atomic E-state index is 11.7. The summed E-state index contributed by atoms with van der Waals surface area (Å²) in [5.74, 6) is 0.0864. The van der Waals surface area contributed by atoms with E-state index in [1.165, 1.54) is 11.8 Å². The summed E-state index contributed by atoms with van der Waals surface area (Å²) < 4.78 is 0.767. The van der Waals surface area contributed by atoms with Crippen molar-refractivity contribution in [3.05, 3.63) is 35.9 Å². The van der Waals surface area contributed by atoms with Crippen molar-refractivity contribution in [2.45, 2.75) is 12.2 Å². The molecule has 16 heavy (non-hydrogen) atoms. The molecule has 0 aliphatic carbocycles. The Bertz CT molecular complexity index is 376. The molecule has 0 saturated carbocycles. The quantitative estimate of drug-likeness (QED) is 0.772. The summed E-state index contributed by atoms with van der Waals surface area (Å²) in [5.41, 5.74) is 1.00. The van der Waals surface area contributed by atoms with Crippen molar-refractivity contribution in [1.82, 2.24) is 4.90 Å². The van der Waals surface area contributed by atoms with E-state index in [4.69, 9.17) is 12.2 Å². The topological polar surface area (TPSA) is 20.3 Å². The molecule has 86 valence electrons. The second-order valence-electron chi connectivity index (χ2n) is 3.65. The number of carbonyl (C=O) groups is 1. The lowest BCUT2D eigenvalue weighted by Crippen LogP contribution is -2.30. The molecular weight excluding hydrogens is 238 g/mol. The molecule has 1 unspecified atom stereocenters. The number of rotatable bonds is 3. The molecule has 0 aliphatic heterocycles. The average molecular weight is 253 g/mol. The molecule has 0 aliphatic rings. The first kappa shape index (κ1) is 13.2. The van der Waals surface area contributed by atoms with Crippen molar-refractivity contribution in [3.63, 3.8) is 0 Å². The van der Waals surface area contributed by atoms with Crippen molar-refractivity contribution in [2.75, 3.05) is 14.1 Å². The third-order valence-electron chi connectivity index (χ3n) is 2.08. The average Bonchev–Trinajstić information content (AvgIpc) is 2.28. The minimum atomic E-state index is -0.136. The van der Waals surface area contributed by atoms with Crippen LogP contribution in [0.5, 0.6) is 0 Å². The van der Waals surface area contributed by atoms with Crippen molar-refractivity contribution in [3.8, 4) is 0 Å². The highest BCUT2D eigenvalue weighted by Gasteiger charge is 2.17. The largest absolute Gasteiger partial charge is 0.348 e. The second-order valence-corrected chi connectivity index (χ2v) is 5.66. The normalized spacial score (nSPS) is 11.9.